The van der Waals surface area contributed by atoms with Gasteiger partial charge in [-0.1, -0.05) is 30.3 Å². The fourth-order valence-corrected chi connectivity index (χ4v) is 5.47. The smallest absolute Gasteiger partial charge is 0.0823 e. The average molecular weight is 454 g/mol. The highest BCUT2D eigenvalue weighted by atomic mass is 15.2. The lowest BCUT2D eigenvalue weighted by atomic mass is 9.90. The van der Waals surface area contributed by atoms with Crippen molar-refractivity contribution in [3.8, 4) is 11.1 Å². The summed E-state index contributed by atoms with van der Waals surface area (Å²) in [6.45, 7) is 5.79. The van der Waals surface area contributed by atoms with Crippen molar-refractivity contribution in [1.29, 1.82) is 0 Å². The normalized spacial score (nSPS) is 16.5. The van der Waals surface area contributed by atoms with E-state index in [4.69, 9.17) is 9.97 Å². The number of nitrogens with one attached hydrogen (secondary N) is 1. The van der Waals surface area contributed by atoms with Crippen LogP contribution >= 0.6 is 0 Å². The predicted octanol–water partition coefficient (Wildman–Crippen LogP) is 5.35. The topological polar surface area (TPSA) is 53.4 Å². The molecule has 1 aromatic carbocycles. The van der Waals surface area contributed by atoms with E-state index in [1.54, 1.807) is 0 Å². The van der Waals surface area contributed by atoms with Crippen molar-refractivity contribution >= 4 is 6.34 Å². The fourth-order valence-electron chi connectivity index (χ4n) is 5.47. The zero-order chi connectivity index (χ0) is 23.2. The number of pyridine rings is 2. The Balaban J connectivity index is 1.37. The van der Waals surface area contributed by atoms with Crippen LogP contribution in [0.3, 0.4) is 0 Å². The first-order chi connectivity index (χ1) is 16.8. The molecule has 0 radical (unpaired) electrons. The third kappa shape index (κ3) is 4.90. The van der Waals surface area contributed by atoms with Gasteiger partial charge in [0.1, 0.15) is 0 Å². The minimum Gasteiger partial charge on any atom is -0.377 e. The number of nitrogens with zero attached hydrogens (tertiary/aromatic N) is 4. The van der Waals surface area contributed by atoms with Gasteiger partial charge in [-0.05, 0) is 85.5 Å². The predicted molar refractivity (Wildman–Crippen MR) is 139 cm³/mol. The van der Waals surface area contributed by atoms with Crippen molar-refractivity contribution in [1.82, 2.24) is 20.2 Å². The molecule has 5 nitrogen and oxygen atoms in total. The highest BCUT2D eigenvalue weighted by molar-refractivity contribution is 5.77. The van der Waals surface area contributed by atoms with Gasteiger partial charge in [0.15, 0.2) is 0 Å². The molecule has 34 heavy (non-hydrogen) atoms. The van der Waals surface area contributed by atoms with Crippen molar-refractivity contribution in [3.63, 3.8) is 0 Å². The summed E-state index contributed by atoms with van der Waals surface area (Å²) in [4.78, 5) is 16.9. The average Bonchev–Trinajstić information content (AvgIpc) is 3.27. The molecule has 1 atom stereocenters. The summed E-state index contributed by atoms with van der Waals surface area (Å²) in [5.41, 5.74) is 9.47. The lowest BCUT2D eigenvalue weighted by Crippen LogP contribution is -2.33. The summed E-state index contributed by atoms with van der Waals surface area (Å²) in [6.07, 6.45) is 12.5. The number of unbranched alkanes of at least 4 members (excludes halogenated alkanes) is 1. The summed E-state index contributed by atoms with van der Waals surface area (Å²) in [5, 5.41) is 3.16. The van der Waals surface area contributed by atoms with Crippen LogP contribution in [0.5, 0.6) is 0 Å². The van der Waals surface area contributed by atoms with E-state index in [1.165, 1.54) is 45.6 Å². The Morgan fingerprint density at radius 3 is 2.88 bits per heavy atom. The van der Waals surface area contributed by atoms with Gasteiger partial charge in [0.05, 0.1) is 23.8 Å². The molecule has 0 bridgehead atoms. The Hall–Kier alpha value is -3.05. The van der Waals surface area contributed by atoms with Crippen LogP contribution in [0.2, 0.25) is 0 Å². The maximum Gasteiger partial charge on any atom is 0.0823 e. The molecule has 0 saturated heterocycles. The van der Waals surface area contributed by atoms with Crippen molar-refractivity contribution in [2.45, 2.75) is 58.0 Å². The molecule has 2 aliphatic carbocycles. The maximum absolute atomic E-state index is 4.91. The molecule has 0 amide bonds. The van der Waals surface area contributed by atoms with Crippen LogP contribution in [-0.4, -0.2) is 40.8 Å². The van der Waals surface area contributed by atoms with Crippen LogP contribution < -0.4 is 5.32 Å². The number of fused-ring (bicyclic) bond motifs is 4. The number of aryl methyl sites for hydroxylation is 1. The monoisotopic (exact) mass is 453 g/mol. The summed E-state index contributed by atoms with van der Waals surface area (Å²) < 4.78 is 0. The Kier molecular flexibility index (Phi) is 7.30. The number of hydrogen-bond donors (Lipinski definition) is 1. The Labute approximate surface area is 203 Å². The first kappa shape index (κ1) is 22.7. The molecule has 176 valence electrons. The molecule has 2 heterocycles. The van der Waals surface area contributed by atoms with E-state index >= 15 is 0 Å². The van der Waals surface area contributed by atoms with Crippen molar-refractivity contribution in [3.05, 3.63) is 82.9 Å². The van der Waals surface area contributed by atoms with Gasteiger partial charge in [-0.15, -0.1) is 0 Å². The second-order valence-corrected chi connectivity index (χ2v) is 9.34. The number of aromatic nitrogens is 2. The summed E-state index contributed by atoms with van der Waals surface area (Å²) in [7, 11) is 0. The van der Waals surface area contributed by atoms with Gasteiger partial charge in [-0.25, -0.2) is 0 Å². The minimum absolute atomic E-state index is 0.358. The van der Waals surface area contributed by atoms with Crippen LogP contribution in [0.4, 0.5) is 0 Å². The number of aliphatic imine (C=N–C) groups is 1. The van der Waals surface area contributed by atoms with E-state index in [-0.39, 0.29) is 0 Å². The van der Waals surface area contributed by atoms with Crippen LogP contribution in [0.25, 0.3) is 11.1 Å². The van der Waals surface area contributed by atoms with Gasteiger partial charge in [-0.3, -0.25) is 19.9 Å². The van der Waals surface area contributed by atoms with Crippen molar-refractivity contribution < 1.29 is 0 Å². The minimum atomic E-state index is 0.358. The lowest BCUT2D eigenvalue weighted by Gasteiger charge is -2.35. The molecular weight excluding hydrogens is 418 g/mol. The third-order valence-corrected chi connectivity index (χ3v) is 7.15. The van der Waals surface area contributed by atoms with E-state index in [0.29, 0.717) is 6.04 Å². The summed E-state index contributed by atoms with van der Waals surface area (Å²) >= 11 is 0. The molecule has 0 aliphatic heterocycles. The van der Waals surface area contributed by atoms with Gasteiger partial charge >= 0.3 is 0 Å². The van der Waals surface area contributed by atoms with E-state index in [1.807, 2.05) is 18.7 Å². The van der Waals surface area contributed by atoms with Crippen LogP contribution in [-0.2, 0) is 19.4 Å². The van der Waals surface area contributed by atoms with Crippen molar-refractivity contribution in [2.24, 2.45) is 4.99 Å². The molecule has 3 aromatic rings. The zero-order valence-electron chi connectivity index (χ0n) is 20.2. The van der Waals surface area contributed by atoms with Gasteiger partial charge in [-0.2, -0.15) is 0 Å². The van der Waals surface area contributed by atoms with Crippen LogP contribution in [0.15, 0.2) is 59.9 Å². The molecule has 2 aromatic heterocycles. The maximum atomic E-state index is 4.91. The van der Waals surface area contributed by atoms with E-state index in [0.717, 1.165) is 58.3 Å². The van der Waals surface area contributed by atoms with Gasteiger partial charge < -0.3 is 5.32 Å². The fraction of sp³-hybridized carbons (Fsp3) is 0.414. The van der Waals surface area contributed by atoms with E-state index in [9.17, 15) is 0 Å². The summed E-state index contributed by atoms with van der Waals surface area (Å²) in [6, 6.07) is 15.7. The largest absolute Gasteiger partial charge is 0.377 e. The third-order valence-electron chi connectivity index (χ3n) is 7.15. The number of benzene rings is 1. The lowest BCUT2D eigenvalue weighted by molar-refractivity contribution is 0.161. The van der Waals surface area contributed by atoms with Gasteiger partial charge in [0.25, 0.3) is 0 Å². The molecule has 5 heteroatoms. The molecular formula is C29H35N5. The Morgan fingerprint density at radius 2 is 1.94 bits per heavy atom. The molecule has 0 saturated carbocycles. The summed E-state index contributed by atoms with van der Waals surface area (Å²) in [5.74, 6) is 0. The molecule has 1 N–H and O–H groups in total. The van der Waals surface area contributed by atoms with E-state index < -0.39 is 0 Å². The first-order valence-corrected chi connectivity index (χ1v) is 12.8. The first-order valence-electron chi connectivity index (χ1n) is 12.8. The molecule has 0 spiro atoms. The Morgan fingerprint density at radius 1 is 1.03 bits per heavy atom. The quantitative estimate of drug-likeness (QED) is 0.200. The van der Waals surface area contributed by atoms with Crippen LogP contribution in [0, 0.1) is 0 Å². The molecule has 0 fully saturated rings. The van der Waals surface area contributed by atoms with E-state index in [2.05, 4.69) is 64.6 Å². The van der Waals surface area contributed by atoms with Gasteiger partial charge in [0, 0.05) is 38.4 Å². The second-order valence-electron chi connectivity index (χ2n) is 9.34. The van der Waals surface area contributed by atoms with Crippen LogP contribution in [0.1, 0.15) is 66.7 Å². The SMILES string of the molecule is CCNC=NCCCCN(Cc1nccc2c1Cc1ccccc1-2)C1CCCc2cccnc21. The van der Waals surface area contributed by atoms with Gasteiger partial charge in [0.2, 0.25) is 0 Å². The number of hydrogen-bond acceptors (Lipinski definition) is 4. The zero-order valence-corrected chi connectivity index (χ0v) is 20.2. The standard InChI is InChI=1S/C29H35N5/c1-2-30-21-31-15-5-6-18-34(28-13-7-10-22-11-8-16-33-29(22)28)20-27-26-19-23-9-3-4-12-24(23)25(26)14-17-32-27/h3-4,8-9,11-12,14,16-17,21,28H,2,5-7,10,13,15,18-20H2,1H3,(H,30,31). The molecule has 5 rings (SSSR count). The molecule has 2 aliphatic rings. The second kappa shape index (κ2) is 10.9. The Bertz CT molecular complexity index is 1140. The highest BCUT2D eigenvalue weighted by Crippen LogP contribution is 2.39. The van der Waals surface area contributed by atoms with Crippen molar-refractivity contribution in [2.75, 3.05) is 19.6 Å². The molecule has 1 unspecified atom stereocenters. The highest BCUT2D eigenvalue weighted by Gasteiger charge is 2.29. The number of rotatable bonds is 10.